The summed E-state index contributed by atoms with van der Waals surface area (Å²) in [5, 5.41) is 47.7. The first-order chi connectivity index (χ1) is 21.1. The second kappa shape index (κ2) is 19.7. The minimum absolute atomic E-state index is 0.200. The highest BCUT2D eigenvalue weighted by molar-refractivity contribution is 6.01. The van der Waals surface area contributed by atoms with Gasteiger partial charge in [0.25, 0.3) is 0 Å². The van der Waals surface area contributed by atoms with Crippen molar-refractivity contribution in [2.75, 3.05) is 13.2 Å². The van der Waals surface area contributed by atoms with Gasteiger partial charge in [-0.25, -0.2) is 4.79 Å². The molecule has 0 fully saturated rings. The average Bonchev–Trinajstić information content (AvgIpc) is 2.99. The van der Waals surface area contributed by atoms with Gasteiger partial charge in [0.1, 0.15) is 31.0 Å². The topological polar surface area (TPSA) is 154 Å². The van der Waals surface area contributed by atoms with E-state index in [9.17, 15) is 30.0 Å². The molecule has 0 heterocycles. The van der Waals surface area contributed by atoms with Crippen LogP contribution in [0.4, 0.5) is 4.79 Å². The number of Topliss-reactive ketones (excluding diaryl/α,β-unsaturated/α-hetero) is 1. The Labute approximate surface area is 267 Å². The zero-order chi connectivity index (χ0) is 34.2. The number of carbonyl (C=O) groups is 2. The Kier molecular flexibility index (Phi) is 17.3. The zero-order valence-electron chi connectivity index (χ0n) is 27.4. The van der Waals surface area contributed by atoms with Gasteiger partial charge in [0.05, 0.1) is 6.61 Å². The Balaban J connectivity index is 2.82. The van der Waals surface area contributed by atoms with Gasteiger partial charge in [-0.2, -0.15) is 0 Å². The molecule has 0 aliphatic heterocycles. The summed E-state index contributed by atoms with van der Waals surface area (Å²) < 4.78 is 10.1. The van der Waals surface area contributed by atoms with E-state index < -0.39 is 55.3 Å². The first-order valence-corrected chi connectivity index (χ1v) is 14.9. The monoisotopic (exact) mass is 626 g/mol. The number of hydrogen-bond acceptors (Lipinski definition) is 9. The van der Waals surface area contributed by atoms with E-state index in [1.54, 1.807) is 6.92 Å². The van der Waals surface area contributed by atoms with Crippen molar-refractivity contribution in [3.63, 3.8) is 0 Å². The van der Waals surface area contributed by atoms with E-state index in [0.717, 1.165) is 22.3 Å². The van der Waals surface area contributed by atoms with Crippen LogP contribution >= 0.6 is 0 Å². The summed E-state index contributed by atoms with van der Waals surface area (Å²) in [7, 11) is 0. The van der Waals surface area contributed by atoms with E-state index in [2.05, 4.69) is 0 Å². The van der Waals surface area contributed by atoms with Crippen LogP contribution in [-0.2, 0) is 14.3 Å². The van der Waals surface area contributed by atoms with Gasteiger partial charge in [0, 0.05) is 6.42 Å². The maximum atomic E-state index is 13.1. The fraction of sp³-hybridized carbons (Fsp3) is 0.444. The minimum Gasteiger partial charge on any atom is -0.431 e. The van der Waals surface area contributed by atoms with Crippen LogP contribution in [0, 0.1) is 5.41 Å². The van der Waals surface area contributed by atoms with E-state index in [1.807, 2.05) is 121 Å². The number of ketones is 1. The number of hydrogen-bond donors (Lipinski definition) is 5. The lowest BCUT2D eigenvalue weighted by atomic mass is 9.71. The average molecular weight is 627 g/mol. The van der Waals surface area contributed by atoms with Crippen LogP contribution in [0.1, 0.15) is 54.9 Å². The zero-order valence-corrected chi connectivity index (χ0v) is 27.4. The summed E-state index contributed by atoms with van der Waals surface area (Å²) in [4.78, 5) is 25.3. The van der Waals surface area contributed by atoms with E-state index >= 15 is 0 Å². The van der Waals surface area contributed by atoms with Crippen molar-refractivity contribution >= 4 is 11.9 Å². The maximum Gasteiger partial charge on any atom is 0.509 e. The van der Waals surface area contributed by atoms with Crippen LogP contribution in [-0.4, -0.2) is 81.2 Å². The normalized spacial score (nSPS) is 21.5. The lowest BCUT2D eigenvalue weighted by molar-refractivity contribution is -0.133. The van der Waals surface area contributed by atoms with E-state index in [-0.39, 0.29) is 12.2 Å². The lowest BCUT2D eigenvalue weighted by Crippen LogP contribution is -2.47. The predicted molar refractivity (Wildman–Crippen MR) is 176 cm³/mol. The van der Waals surface area contributed by atoms with Gasteiger partial charge in [-0.15, -0.1) is 0 Å². The molecule has 0 radical (unpaired) electrons. The summed E-state index contributed by atoms with van der Waals surface area (Å²) >= 11 is 0. The molecule has 1 rings (SSSR count). The van der Waals surface area contributed by atoms with Crippen molar-refractivity contribution in [3.05, 3.63) is 107 Å². The fourth-order valence-electron chi connectivity index (χ4n) is 4.43. The third kappa shape index (κ3) is 13.9. The van der Waals surface area contributed by atoms with Crippen molar-refractivity contribution in [2.24, 2.45) is 5.41 Å². The SMILES string of the molecule is C\C=C/C=C/C(C)=C/C=C/C=C(C)/C=C/C=C(C)/C=C/C1=C(C)C(=O)C(OC(=O)OCC(O)C(O)C(O)C(O)CO)CC1(C)C. The van der Waals surface area contributed by atoms with Crippen molar-refractivity contribution < 1.29 is 44.6 Å². The largest absolute Gasteiger partial charge is 0.509 e. The molecule has 248 valence electrons. The van der Waals surface area contributed by atoms with Crippen molar-refractivity contribution in [1.82, 2.24) is 0 Å². The van der Waals surface area contributed by atoms with Crippen LogP contribution in [0.3, 0.4) is 0 Å². The number of aliphatic hydroxyl groups excluding tert-OH is 5. The predicted octanol–water partition coefficient (Wildman–Crippen LogP) is 4.90. The summed E-state index contributed by atoms with van der Waals surface area (Å²) in [6, 6.07) is 0. The molecule has 1 aliphatic rings. The van der Waals surface area contributed by atoms with Crippen molar-refractivity contribution in [2.45, 2.75) is 85.4 Å². The smallest absolute Gasteiger partial charge is 0.431 e. The molecule has 9 nitrogen and oxygen atoms in total. The van der Waals surface area contributed by atoms with Gasteiger partial charge in [0.2, 0.25) is 0 Å². The Morgan fingerprint density at radius 3 is 1.98 bits per heavy atom. The first-order valence-electron chi connectivity index (χ1n) is 14.9. The van der Waals surface area contributed by atoms with Gasteiger partial charge in [-0.05, 0) is 51.2 Å². The number of rotatable bonds is 15. The van der Waals surface area contributed by atoms with Gasteiger partial charge in [-0.3, -0.25) is 4.79 Å². The molecule has 0 bridgehead atoms. The summed E-state index contributed by atoms with van der Waals surface area (Å²) in [6.07, 6.45) is 16.5. The van der Waals surface area contributed by atoms with E-state index in [1.165, 1.54) is 0 Å². The Morgan fingerprint density at radius 1 is 0.867 bits per heavy atom. The van der Waals surface area contributed by atoms with Gasteiger partial charge < -0.3 is 35.0 Å². The summed E-state index contributed by atoms with van der Waals surface area (Å²) in [6.45, 7) is 11.9. The molecule has 45 heavy (non-hydrogen) atoms. The third-order valence-electron chi connectivity index (χ3n) is 7.15. The second-order valence-electron chi connectivity index (χ2n) is 11.7. The molecule has 5 N–H and O–H groups in total. The minimum atomic E-state index is -1.89. The molecule has 0 saturated heterocycles. The van der Waals surface area contributed by atoms with Gasteiger partial charge >= 0.3 is 6.16 Å². The Bertz CT molecular complexity index is 1270. The lowest BCUT2D eigenvalue weighted by Gasteiger charge is -2.36. The first kappa shape index (κ1) is 39.4. The highest BCUT2D eigenvalue weighted by atomic mass is 16.7. The van der Waals surface area contributed by atoms with Gasteiger partial charge in [0.15, 0.2) is 11.9 Å². The molecule has 9 heteroatoms. The molecule has 0 aromatic carbocycles. The number of aliphatic hydroxyl groups is 5. The molecular formula is C36H50O9. The molecule has 0 aromatic rings. The number of ether oxygens (including phenoxy) is 2. The Morgan fingerprint density at radius 2 is 1.40 bits per heavy atom. The molecule has 1 aliphatic carbocycles. The molecule has 5 atom stereocenters. The van der Waals surface area contributed by atoms with Crippen LogP contribution in [0.2, 0.25) is 0 Å². The fourth-order valence-corrected chi connectivity index (χ4v) is 4.43. The Hall–Kier alpha value is -3.60. The quantitative estimate of drug-likeness (QED) is 0.126. The highest BCUT2D eigenvalue weighted by Crippen LogP contribution is 2.40. The van der Waals surface area contributed by atoms with Crippen molar-refractivity contribution in [1.29, 1.82) is 0 Å². The van der Waals surface area contributed by atoms with Crippen LogP contribution in [0.25, 0.3) is 0 Å². The van der Waals surface area contributed by atoms with E-state index in [4.69, 9.17) is 14.6 Å². The highest BCUT2D eigenvalue weighted by Gasteiger charge is 2.40. The van der Waals surface area contributed by atoms with Crippen LogP contribution in [0.15, 0.2) is 107 Å². The third-order valence-corrected chi connectivity index (χ3v) is 7.15. The van der Waals surface area contributed by atoms with Gasteiger partial charge in [-0.1, -0.05) is 110 Å². The molecule has 0 aromatic heterocycles. The van der Waals surface area contributed by atoms with Crippen LogP contribution in [0.5, 0.6) is 0 Å². The number of carbonyl (C=O) groups excluding carboxylic acids is 2. The molecule has 5 unspecified atom stereocenters. The van der Waals surface area contributed by atoms with Crippen LogP contribution < -0.4 is 0 Å². The molecule has 0 spiro atoms. The van der Waals surface area contributed by atoms with Crippen molar-refractivity contribution in [3.8, 4) is 0 Å². The number of allylic oxidation sites excluding steroid dienone is 17. The molecule has 0 amide bonds. The van der Waals surface area contributed by atoms with E-state index in [0.29, 0.717) is 5.57 Å². The summed E-state index contributed by atoms with van der Waals surface area (Å²) in [5.74, 6) is -0.373. The standard InChI is InChI=1S/C36H50O9/c1-8-9-10-14-24(2)15-11-12-16-25(3)17-13-18-26(4)19-20-28-27(5)32(40)31(21-36(28,6)7)45-35(43)44-23-30(39)34(42)33(41)29(38)22-37/h8-20,29-31,33-34,37-39,41-42H,21-23H2,1-7H3/b9-8-,12-11+,14-10+,17-13+,20-19+,24-15+,25-16+,26-18+. The molecule has 0 saturated carbocycles. The molecular weight excluding hydrogens is 576 g/mol. The summed E-state index contributed by atoms with van der Waals surface area (Å²) in [5.41, 5.74) is 3.96. The maximum absolute atomic E-state index is 13.1. The second-order valence-corrected chi connectivity index (χ2v) is 11.7.